The molecule has 0 unspecified atom stereocenters. The molecule has 2 aliphatic rings. The van der Waals surface area contributed by atoms with Crippen molar-refractivity contribution >= 4 is 5.95 Å². The van der Waals surface area contributed by atoms with Gasteiger partial charge in [-0.3, -0.25) is 9.69 Å². The third-order valence-corrected chi connectivity index (χ3v) is 6.14. The van der Waals surface area contributed by atoms with Gasteiger partial charge in [0.1, 0.15) is 12.2 Å². The van der Waals surface area contributed by atoms with E-state index in [9.17, 15) is 4.79 Å². The average molecular weight is 410 g/mol. The van der Waals surface area contributed by atoms with Gasteiger partial charge in [-0.15, -0.1) is 10.2 Å². The molecule has 0 amide bonds. The Balaban J connectivity index is 1.35. The van der Waals surface area contributed by atoms with Crippen molar-refractivity contribution in [3.05, 3.63) is 51.8 Å². The first kappa shape index (κ1) is 19.0. The highest BCUT2D eigenvalue weighted by Crippen LogP contribution is 2.36. The van der Waals surface area contributed by atoms with Crippen molar-refractivity contribution in [2.45, 2.75) is 38.9 Å². The van der Waals surface area contributed by atoms with Gasteiger partial charge in [0.15, 0.2) is 0 Å². The van der Waals surface area contributed by atoms with Crippen molar-refractivity contribution in [3.8, 4) is 0 Å². The highest BCUT2D eigenvalue weighted by Gasteiger charge is 2.36. The quantitative estimate of drug-likeness (QED) is 0.613. The van der Waals surface area contributed by atoms with Crippen LogP contribution in [0.3, 0.4) is 0 Å². The summed E-state index contributed by atoms with van der Waals surface area (Å²) in [5, 5.41) is 12.1. The van der Waals surface area contributed by atoms with E-state index in [1.54, 1.807) is 13.3 Å². The van der Waals surface area contributed by atoms with Crippen LogP contribution in [0.5, 0.6) is 0 Å². The molecule has 3 aromatic rings. The molecular formula is C20H26N8O2. The van der Waals surface area contributed by atoms with E-state index < -0.39 is 0 Å². The van der Waals surface area contributed by atoms with E-state index in [1.165, 1.54) is 0 Å². The molecule has 158 valence electrons. The third kappa shape index (κ3) is 3.41. The fraction of sp³-hybridized carbons (Fsp3) is 0.550. The molecule has 0 radical (unpaired) electrons. The highest BCUT2D eigenvalue weighted by atomic mass is 16.5. The molecule has 0 spiro atoms. The van der Waals surface area contributed by atoms with Crippen LogP contribution in [0.25, 0.3) is 0 Å². The Hall–Kier alpha value is -3.01. The summed E-state index contributed by atoms with van der Waals surface area (Å²) in [6.45, 7) is 5.41. The van der Waals surface area contributed by atoms with Crippen LogP contribution < -0.4 is 10.5 Å². The molecule has 0 N–H and O–H groups in total. The SMILES string of the molecule is Cc1nc(N2C[C@@H]3C[C@H](C2)c2ccc(CN(C)Cc4nncn4C)c(=O)n2C3)no1. The number of aryl methyl sites for hydroxylation is 2. The van der Waals surface area contributed by atoms with E-state index in [1.807, 2.05) is 29.3 Å². The summed E-state index contributed by atoms with van der Waals surface area (Å²) in [4.78, 5) is 21.9. The molecule has 2 atom stereocenters. The number of anilines is 1. The van der Waals surface area contributed by atoms with Gasteiger partial charge in [-0.25, -0.2) is 0 Å². The molecule has 10 heteroatoms. The predicted molar refractivity (Wildman–Crippen MR) is 109 cm³/mol. The van der Waals surface area contributed by atoms with Crippen molar-refractivity contribution in [3.63, 3.8) is 0 Å². The summed E-state index contributed by atoms with van der Waals surface area (Å²) < 4.78 is 9.04. The van der Waals surface area contributed by atoms with Crippen LogP contribution in [-0.2, 0) is 26.7 Å². The zero-order chi connectivity index (χ0) is 20.8. The minimum absolute atomic E-state index is 0.121. The van der Waals surface area contributed by atoms with Gasteiger partial charge in [0.05, 0.1) is 6.54 Å². The Morgan fingerprint density at radius 1 is 1.23 bits per heavy atom. The van der Waals surface area contributed by atoms with Crippen molar-refractivity contribution in [1.82, 2.24) is 34.4 Å². The molecule has 0 saturated carbocycles. The number of pyridine rings is 1. The Morgan fingerprint density at radius 2 is 2.10 bits per heavy atom. The van der Waals surface area contributed by atoms with Crippen LogP contribution in [0.15, 0.2) is 27.8 Å². The zero-order valence-electron chi connectivity index (χ0n) is 17.5. The van der Waals surface area contributed by atoms with Gasteiger partial charge in [0.25, 0.3) is 11.5 Å². The van der Waals surface area contributed by atoms with Gasteiger partial charge in [-0.2, -0.15) is 4.98 Å². The molecule has 2 bridgehead atoms. The molecule has 2 aliphatic heterocycles. The normalized spacial score (nSPS) is 20.6. The molecule has 0 aromatic carbocycles. The average Bonchev–Trinajstić information content (AvgIpc) is 3.33. The van der Waals surface area contributed by atoms with E-state index in [0.717, 1.165) is 43.1 Å². The maximum absolute atomic E-state index is 13.3. The lowest BCUT2D eigenvalue weighted by Crippen LogP contribution is -2.48. The lowest BCUT2D eigenvalue weighted by Gasteiger charge is -2.42. The molecule has 10 nitrogen and oxygen atoms in total. The monoisotopic (exact) mass is 410 g/mol. The van der Waals surface area contributed by atoms with Crippen molar-refractivity contribution in [2.24, 2.45) is 13.0 Å². The van der Waals surface area contributed by atoms with E-state index in [0.29, 0.717) is 36.8 Å². The van der Waals surface area contributed by atoms with Gasteiger partial charge in [-0.1, -0.05) is 6.07 Å². The minimum atomic E-state index is 0.121. The van der Waals surface area contributed by atoms with E-state index in [2.05, 4.69) is 36.2 Å². The lowest BCUT2D eigenvalue weighted by molar-refractivity contribution is 0.272. The molecule has 1 saturated heterocycles. The second-order valence-electron chi connectivity index (χ2n) is 8.55. The number of hydrogen-bond acceptors (Lipinski definition) is 8. The molecular weight excluding hydrogens is 384 g/mol. The fourth-order valence-electron chi connectivity index (χ4n) is 4.73. The number of aromatic nitrogens is 6. The Kier molecular flexibility index (Phi) is 4.65. The second kappa shape index (κ2) is 7.35. The van der Waals surface area contributed by atoms with Crippen LogP contribution in [0.4, 0.5) is 5.95 Å². The summed E-state index contributed by atoms with van der Waals surface area (Å²) in [6, 6.07) is 4.11. The van der Waals surface area contributed by atoms with Gasteiger partial charge in [-0.05, 0) is 30.6 Å². The zero-order valence-corrected chi connectivity index (χ0v) is 17.5. The summed E-state index contributed by atoms with van der Waals surface area (Å²) in [6.07, 6.45) is 2.78. The van der Waals surface area contributed by atoms with Crippen LogP contribution in [0.2, 0.25) is 0 Å². The first-order valence-electron chi connectivity index (χ1n) is 10.3. The molecule has 5 heterocycles. The molecule has 3 aromatic heterocycles. The topological polar surface area (TPSA) is 98.1 Å². The molecule has 5 rings (SSSR count). The van der Waals surface area contributed by atoms with Crippen molar-refractivity contribution in [2.75, 3.05) is 25.0 Å². The first-order chi connectivity index (χ1) is 14.5. The number of fused-ring (bicyclic) bond motifs is 4. The second-order valence-corrected chi connectivity index (χ2v) is 8.55. The summed E-state index contributed by atoms with van der Waals surface area (Å²) >= 11 is 0. The summed E-state index contributed by atoms with van der Waals surface area (Å²) in [5.74, 6) is 2.81. The Morgan fingerprint density at radius 3 is 2.83 bits per heavy atom. The third-order valence-electron chi connectivity index (χ3n) is 6.14. The number of hydrogen-bond donors (Lipinski definition) is 0. The smallest absolute Gasteiger partial charge is 0.266 e. The first-order valence-corrected chi connectivity index (χ1v) is 10.3. The van der Waals surface area contributed by atoms with Crippen molar-refractivity contribution in [1.29, 1.82) is 0 Å². The number of nitrogens with zero attached hydrogens (tertiary/aromatic N) is 8. The fourth-order valence-corrected chi connectivity index (χ4v) is 4.73. The van der Waals surface area contributed by atoms with E-state index >= 15 is 0 Å². The molecule has 0 aliphatic carbocycles. The Bertz CT molecular complexity index is 1120. The summed E-state index contributed by atoms with van der Waals surface area (Å²) in [7, 11) is 3.92. The van der Waals surface area contributed by atoms with Crippen LogP contribution >= 0.6 is 0 Å². The summed E-state index contributed by atoms with van der Waals surface area (Å²) in [5.41, 5.74) is 2.05. The number of rotatable bonds is 5. The highest BCUT2D eigenvalue weighted by molar-refractivity contribution is 5.33. The van der Waals surface area contributed by atoms with E-state index in [4.69, 9.17) is 4.52 Å². The van der Waals surface area contributed by atoms with Crippen molar-refractivity contribution < 1.29 is 4.52 Å². The van der Waals surface area contributed by atoms with Crippen LogP contribution in [-0.4, -0.2) is 54.5 Å². The van der Waals surface area contributed by atoms with Gasteiger partial charge in [0, 0.05) is 57.3 Å². The minimum Gasteiger partial charge on any atom is -0.338 e. The predicted octanol–water partition coefficient (Wildman–Crippen LogP) is 0.924. The standard InChI is InChI=1S/C20H26N8O2/c1-13-22-20(24-30-13)27-7-14-6-16(10-27)17-5-4-15(19(29)28(17)8-14)9-25(2)11-18-23-21-12-26(18)3/h4-5,12,14,16H,6-11H2,1-3H3/t14-,16+/m0/s1. The maximum Gasteiger partial charge on any atom is 0.266 e. The van der Waals surface area contributed by atoms with Crippen LogP contribution in [0, 0.1) is 12.8 Å². The largest absolute Gasteiger partial charge is 0.338 e. The lowest BCUT2D eigenvalue weighted by atomic mass is 9.83. The van der Waals surface area contributed by atoms with E-state index in [-0.39, 0.29) is 5.56 Å². The number of piperidine rings is 1. The van der Waals surface area contributed by atoms with Crippen LogP contribution in [0.1, 0.15) is 35.3 Å². The molecule has 30 heavy (non-hydrogen) atoms. The maximum atomic E-state index is 13.3. The molecule has 1 fully saturated rings. The van der Waals surface area contributed by atoms with Gasteiger partial charge in [0.2, 0.25) is 5.89 Å². The van der Waals surface area contributed by atoms with Gasteiger partial charge < -0.3 is 18.6 Å². The Labute approximate surface area is 174 Å². The van der Waals surface area contributed by atoms with Gasteiger partial charge >= 0.3 is 0 Å².